The second-order valence-electron chi connectivity index (χ2n) is 7.74. The Morgan fingerprint density at radius 1 is 0.500 bits per heavy atom. The largest absolute Gasteiger partial charge is 0.308 e. The van der Waals surface area contributed by atoms with Gasteiger partial charge in [0.1, 0.15) is 0 Å². The fraction of sp³-hybridized carbons (Fsp3) is 0. The summed E-state index contributed by atoms with van der Waals surface area (Å²) in [7, 11) is 0. The Hall–Kier alpha value is -3.82. The minimum Gasteiger partial charge on any atom is -0.308 e. The van der Waals surface area contributed by atoms with Crippen molar-refractivity contribution in [3.8, 4) is 22.3 Å². The van der Waals surface area contributed by atoms with Gasteiger partial charge in [-0.1, -0.05) is 78.5 Å². The third kappa shape index (κ3) is 3.37. The molecule has 0 saturated heterocycles. The fourth-order valence-corrected chi connectivity index (χ4v) is 5.23. The molecule has 0 spiro atoms. The van der Waals surface area contributed by atoms with Crippen molar-refractivity contribution in [1.82, 2.24) is 4.98 Å². The zero-order chi connectivity index (χ0) is 21.3. The molecule has 2 heterocycles. The smallest absolute Gasteiger partial charge is 0.0601 e. The van der Waals surface area contributed by atoms with Crippen molar-refractivity contribution in [2.45, 2.75) is 9.79 Å². The van der Waals surface area contributed by atoms with Crippen LogP contribution in [-0.4, -0.2) is 4.98 Å². The van der Waals surface area contributed by atoms with Crippen LogP contribution >= 0.6 is 11.8 Å². The lowest BCUT2D eigenvalue weighted by atomic mass is 10.0. The molecule has 0 bridgehead atoms. The van der Waals surface area contributed by atoms with Crippen molar-refractivity contribution in [3.05, 3.63) is 122 Å². The van der Waals surface area contributed by atoms with Crippen LogP contribution in [0.3, 0.4) is 0 Å². The lowest BCUT2D eigenvalue weighted by molar-refractivity contribution is 1.17. The highest BCUT2D eigenvalue weighted by atomic mass is 32.2. The average Bonchev–Trinajstić information content (AvgIpc) is 2.88. The molecule has 2 nitrogen and oxygen atoms in total. The molecule has 1 aliphatic rings. The van der Waals surface area contributed by atoms with Crippen LogP contribution in [0.15, 0.2) is 131 Å². The van der Waals surface area contributed by atoms with E-state index < -0.39 is 0 Å². The Kier molecular flexibility index (Phi) is 4.74. The van der Waals surface area contributed by atoms with Gasteiger partial charge in [0.05, 0.1) is 11.4 Å². The van der Waals surface area contributed by atoms with E-state index in [0.29, 0.717) is 0 Å². The van der Waals surface area contributed by atoms with Gasteiger partial charge in [0.2, 0.25) is 0 Å². The van der Waals surface area contributed by atoms with Crippen molar-refractivity contribution < 1.29 is 0 Å². The molecule has 0 saturated carbocycles. The number of rotatable bonds is 3. The summed E-state index contributed by atoms with van der Waals surface area (Å²) in [5.74, 6) is 0. The molecule has 1 aromatic heterocycles. The van der Waals surface area contributed by atoms with E-state index in [0.717, 1.165) is 5.56 Å². The van der Waals surface area contributed by atoms with Gasteiger partial charge in [0.25, 0.3) is 0 Å². The molecule has 0 N–H and O–H groups in total. The zero-order valence-corrected chi connectivity index (χ0v) is 18.2. The number of hydrogen-bond donors (Lipinski definition) is 0. The number of fused-ring (bicyclic) bond motifs is 2. The van der Waals surface area contributed by atoms with E-state index in [1.807, 2.05) is 24.0 Å². The van der Waals surface area contributed by atoms with Gasteiger partial charge in [-0.15, -0.1) is 0 Å². The molecule has 3 heteroatoms. The number of benzene rings is 4. The molecular weight excluding hydrogens is 408 g/mol. The molecule has 5 aromatic rings. The van der Waals surface area contributed by atoms with E-state index in [2.05, 4.69) is 113 Å². The minimum atomic E-state index is 1.13. The highest BCUT2D eigenvalue weighted by Gasteiger charge is 2.24. The van der Waals surface area contributed by atoms with Gasteiger partial charge in [-0.25, -0.2) is 0 Å². The van der Waals surface area contributed by atoms with Crippen LogP contribution in [0, 0.1) is 0 Å². The molecule has 0 aliphatic carbocycles. The first kappa shape index (κ1) is 18.9. The maximum Gasteiger partial charge on any atom is 0.0601 e. The van der Waals surface area contributed by atoms with Crippen LogP contribution in [-0.2, 0) is 0 Å². The molecular formula is C29H20N2S. The number of hydrogen-bond acceptors (Lipinski definition) is 3. The molecule has 152 valence electrons. The van der Waals surface area contributed by atoms with Crippen molar-refractivity contribution in [1.29, 1.82) is 0 Å². The molecule has 0 amide bonds. The van der Waals surface area contributed by atoms with Gasteiger partial charge in [-0.3, -0.25) is 4.98 Å². The van der Waals surface area contributed by atoms with Gasteiger partial charge in [-0.05, 0) is 64.7 Å². The Balaban J connectivity index is 1.35. The number of para-hydroxylation sites is 2. The zero-order valence-electron chi connectivity index (χ0n) is 17.3. The summed E-state index contributed by atoms with van der Waals surface area (Å²) in [6.07, 6.45) is 3.70. The van der Waals surface area contributed by atoms with E-state index in [9.17, 15) is 0 Å². The van der Waals surface area contributed by atoms with Crippen LogP contribution < -0.4 is 4.90 Å². The molecule has 6 rings (SSSR count). The van der Waals surface area contributed by atoms with E-state index in [1.54, 1.807) is 6.20 Å². The second-order valence-corrected chi connectivity index (χ2v) is 8.82. The fourth-order valence-electron chi connectivity index (χ4n) is 4.17. The normalized spacial score (nSPS) is 12.2. The third-order valence-corrected chi connectivity index (χ3v) is 6.90. The second kappa shape index (κ2) is 8.03. The summed E-state index contributed by atoms with van der Waals surface area (Å²) >= 11 is 1.83. The maximum absolute atomic E-state index is 4.22. The first-order valence-corrected chi connectivity index (χ1v) is 11.5. The molecule has 0 atom stereocenters. The Morgan fingerprint density at radius 2 is 1.03 bits per heavy atom. The Bertz CT molecular complexity index is 1330. The van der Waals surface area contributed by atoms with Gasteiger partial charge in [0.15, 0.2) is 0 Å². The van der Waals surface area contributed by atoms with Gasteiger partial charge >= 0.3 is 0 Å². The quantitative estimate of drug-likeness (QED) is 0.282. The average molecular weight is 429 g/mol. The molecule has 32 heavy (non-hydrogen) atoms. The SMILES string of the molecule is c1cncc(-c2ccc(-c3ccc(N4c5ccccc5Sc5ccccc54)cc3)cc2)c1. The lowest BCUT2D eigenvalue weighted by Crippen LogP contribution is -2.14. The summed E-state index contributed by atoms with van der Waals surface area (Å²) in [5.41, 5.74) is 8.35. The Morgan fingerprint density at radius 3 is 1.59 bits per heavy atom. The van der Waals surface area contributed by atoms with Crippen molar-refractivity contribution in [2.75, 3.05) is 4.90 Å². The minimum absolute atomic E-state index is 1.13. The number of anilines is 3. The Labute approximate surface area is 192 Å². The van der Waals surface area contributed by atoms with E-state index in [-0.39, 0.29) is 0 Å². The van der Waals surface area contributed by atoms with Crippen LogP contribution in [0.1, 0.15) is 0 Å². The van der Waals surface area contributed by atoms with E-state index in [1.165, 1.54) is 43.5 Å². The topological polar surface area (TPSA) is 16.1 Å². The highest BCUT2D eigenvalue weighted by molar-refractivity contribution is 7.99. The van der Waals surface area contributed by atoms with Crippen molar-refractivity contribution >= 4 is 28.8 Å². The number of pyridine rings is 1. The monoisotopic (exact) mass is 428 g/mol. The summed E-state index contributed by atoms with van der Waals surface area (Å²) in [6, 6.07) is 38.8. The number of nitrogens with zero attached hydrogens (tertiary/aromatic N) is 2. The van der Waals surface area contributed by atoms with Crippen LogP contribution in [0.25, 0.3) is 22.3 Å². The van der Waals surface area contributed by atoms with Gasteiger partial charge < -0.3 is 4.90 Å². The molecule has 0 radical (unpaired) electrons. The van der Waals surface area contributed by atoms with Crippen LogP contribution in [0.2, 0.25) is 0 Å². The first-order valence-electron chi connectivity index (χ1n) is 10.6. The predicted octanol–water partition coefficient (Wildman–Crippen LogP) is 8.35. The standard InChI is InChI=1S/C29H20N2S/c1-3-9-28-26(7-1)31(27-8-2-4-10-29(27)32-28)25-17-15-22(16-18-25)21-11-13-23(14-12-21)24-6-5-19-30-20-24/h1-20H. The summed E-state index contributed by atoms with van der Waals surface area (Å²) in [6.45, 7) is 0. The number of aromatic nitrogens is 1. The summed E-state index contributed by atoms with van der Waals surface area (Å²) < 4.78 is 0. The molecule has 0 fully saturated rings. The summed E-state index contributed by atoms with van der Waals surface area (Å²) in [4.78, 5) is 9.14. The first-order chi connectivity index (χ1) is 15.9. The van der Waals surface area contributed by atoms with Crippen LogP contribution in [0.4, 0.5) is 17.1 Å². The van der Waals surface area contributed by atoms with Crippen molar-refractivity contribution in [2.24, 2.45) is 0 Å². The van der Waals surface area contributed by atoms with E-state index in [4.69, 9.17) is 0 Å². The van der Waals surface area contributed by atoms with E-state index >= 15 is 0 Å². The molecule has 0 unspecified atom stereocenters. The third-order valence-electron chi connectivity index (χ3n) is 5.77. The van der Waals surface area contributed by atoms with Crippen molar-refractivity contribution in [3.63, 3.8) is 0 Å². The van der Waals surface area contributed by atoms with Gasteiger partial charge in [-0.2, -0.15) is 0 Å². The summed E-state index contributed by atoms with van der Waals surface area (Å²) in [5, 5.41) is 0. The predicted molar refractivity (Wildman–Crippen MR) is 134 cm³/mol. The molecule has 1 aliphatic heterocycles. The lowest BCUT2D eigenvalue weighted by Gasteiger charge is -2.32. The molecule has 4 aromatic carbocycles. The van der Waals surface area contributed by atoms with Gasteiger partial charge in [0, 0.05) is 27.9 Å². The maximum atomic E-state index is 4.22. The van der Waals surface area contributed by atoms with Crippen LogP contribution in [0.5, 0.6) is 0 Å². The highest BCUT2D eigenvalue weighted by Crippen LogP contribution is 2.51.